The number of aliphatic hydroxyl groups is 1. The molecule has 2 N–H and O–H groups in total. The molecule has 0 spiro atoms. The molecule has 0 aliphatic heterocycles. The number of unbranched alkanes of at least 4 members (excludes halogenated alkanes) is 1. The van der Waals surface area contributed by atoms with E-state index in [0.29, 0.717) is 16.3 Å². The zero-order chi connectivity index (χ0) is 12.2. The minimum Gasteiger partial charge on any atom is -0.391 e. The average molecular weight is 263 g/mol. The SMILES string of the molecule is CCCCNS(=O)(=O)c1cc(CO)sc1C. The van der Waals surface area contributed by atoms with Gasteiger partial charge in [-0.25, -0.2) is 13.1 Å². The van der Waals surface area contributed by atoms with E-state index in [-0.39, 0.29) is 11.5 Å². The maximum atomic E-state index is 11.9. The molecule has 0 saturated carbocycles. The first-order valence-corrected chi connectivity index (χ1v) is 7.51. The van der Waals surface area contributed by atoms with E-state index in [0.717, 1.165) is 12.8 Å². The zero-order valence-corrected chi connectivity index (χ0v) is 11.1. The zero-order valence-electron chi connectivity index (χ0n) is 9.49. The van der Waals surface area contributed by atoms with Crippen molar-refractivity contribution < 1.29 is 13.5 Å². The van der Waals surface area contributed by atoms with Crippen LogP contribution in [-0.2, 0) is 16.6 Å². The molecular formula is C10H17NO3S2. The van der Waals surface area contributed by atoms with Crippen LogP contribution in [0.5, 0.6) is 0 Å². The van der Waals surface area contributed by atoms with Gasteiger partial charge in [0.1, 0.15) is 0 Å². The Morgan fingerprint density at radius 2 is 2.19 bits per heavy atom. The normalized spacial score (nSPS) is 11.9. The smallest absolute Gasteiger partial charge is 0.241 e. The molecule has 1 aromatic rings. The van der Waals surface area contributed by atoms with Crippen LogP contribution in [0.4, 0.5) is 0 Å². The molecule has 1 heterocycles. The van der Waals surface area contributed by atoms with E-state index in [1.807, 2.05) is 6.92 Å². The van der Waals surface area contributed by atoms with Crippen LogP contribution in [-0.4, -0.2) is 20.1 Å². The first-order chi connectivity index (χ1) is 7.51. The maximum absolute atomic E-state index is 11.9. The number of rotatable bonds is 6. The Morgan fingerprint density at radius 3 is 2.69 bits per heavy atom. The molecule has 0 saturated heterocycles. The van der Waals surface area contributed by atoms with Crippen molar-refractivity contribution in [2.75, 3.05) is 6.54 Å². The van der Waals surface area contributed by atoms with Gasteiger partial charge >= 0.3 is 0 Å². The number of nitrogens with one attached hydrogen (secondary N) is 1. The monoisotopic (exact) mass is 263 g/mol. The highest BCUT2D eigenvalue weighted by molar-refractivity contribution is 7.89. The van der Waals surface area contributed by atoms with Gasteiger partial charge in [0, 0.05) is 16.3 Å². The second-order valence-corrected chi connectivity index (χ2v) is 6.62. The van der Waals surface area contributed by atoms with Crippen molar-refractivity contribution in [3.8, 4) is 0 Å². The molecule has 16 heavy (non-hydrogen) atoms. The lowest BCUT2D eigenvalue weighted by Gasteiger charge is -2.04. The molecule has 0 radical (unpaired) electrons. The lowest BCUT2D eigenvalue weighted by molar-refractivity contribution is 0.285. The molecule has 92 valence electrons. The minimum atomic E-state index is -3.40. The second-order valence-electron chi connectivity index (χ2n) is 3.54. The summed E-state index contributed by atoms with van der Waals surface area (Å²) >= 11 is 1.31. The third-order valence-electron chi connectivity index (χ3n) is 2.19. The van der Waals surface area contributed by atoms with Gasteiger partial charge in [-0.15, -0.1) is 11.3 Å². The lowest BCUT2D eigenvalue weighted by atomic mass is 10.3. The van der Waals surface area contributed by atoms with Crippen LogP contribution in [0, 0.1) is 6.92 Å². The van der Waals surface area contributed by atoms with Gasteiger partial charge in [0.15, 0.2) is 0 Å². The van der Waals surface area contributed by atoms with Crippen LogP contribution >= 0.6 is 11.3 Å². The summed E-state index contributed by atoms with van der Waals surface area (Å²) in [4.78, 5) is 1.68. The number of sulfonamides is 1. The van der Waals surface area contributed by atoms with Crippen LogP contribution in [0.15, 0.2) is 11.0 Å². The van der Waals surface area contributed by atoms with E-state index < -0.39 is 10.0 Å². The molecule has 0 aliphatic carbocycles. The minimum absolute atomic E-state index is 0.115. The molecule has 0 aromatic carbocycles. The van der Waals surface area contributed by atoms with Gasteiger partial charge in [0.25, 0.3) is 0 Å². The topological polar surface area (TPSA) is 66.4 Å². The van der Waals surface area contributed by atoms with E-state index in [2.05, 4.69) is 4.72 Å². The van der Waals surface area contributed by atoms with Gasteiger partial charge in [-0.05, 0) is 19.4 Å². The Kier molecular flexibility index (Phi) is 4.91. The summed E-state index contributed by atoms with van der Waals surface area (Å²) in [6.45, 7) is 4.10. The molecule has 6 heteroatoms. The molecule has 1 rings (SSSR count). The van der Waals surface area contributed by atoms with Gasteiger partial charge < -0.3 is 5.11 Å². The molecule has 1 aromatic heterocycles. The van der Waals surface area contributed by atoms with Gasteiger partial charge in [0.05, 0.1) is 11.5 Å². The highest BCUT2D eigenvalue weighted by Gasteiger charge is 2.18. The van der Waals surface area contributed by atoms with Crippen molar-refractivity contribution in [1.29, 1.82) is 0 Å². The molecule has 0 atom stereocenters. The second kappa shape index (κ2) is 5.77. The van der Waals surface area contributed by atoms with E-state index in [4.69, 9.17) is 5.11 Å². The van der Waals surface area contributed by atoms with Crippen molar-refractivity contribution in [3.05, 3.63) is 15.8 Å². The number of aryl methyl sites for hydroxylation is 1. The molecular weight excluding hydrogens is 246 g/mol. The van der Waals surface area contributed by atoms with Crippen LogP contribution in [0.1, 0.15) is 29.5 Å². The summed E-state index contributed by atoms with van der Waals surface area (Å²) in [5.41, 5.74) is 0. The highest BCUT2D eigenvalue weighted by Crippen LogP contribution is 2.25. The summed E-state index contributed by atoms with van der Waals surface area (Å²) in [5.74, 6) is 0. The summed E-state index contributed by atoms with van der Waals surface area (Å²) in [6, 6.07) is 1.54. The molecule has 0 amide bonds. The van der Waals surface area contributed by atoms with Gasteiger partial charge in [0.2, 0.25) is 10.0 Å². The number of aliphatic hydroxyl groups excluding tert-OH is 1. The van der Waals surface area contributed by atoms with Crippen molar-refractivity contribution in [2.45, 2.75) is 38.2 Å². The fourth-order valence-electron chi connectivity index (χ4n) is 1.33. The first kappa shape index (κ1) is 13.6. The van der Waals surface area contributed by atoms with Crippen molar-refractivity contribution in [2.24, 2.45) is 0 Å². The first-order valence-electron chi connectivity index (χ1n) is 5.21. The molecule has 0 unspecified atom stereocenters. The van der Waals surface area contributed by atoms with Crippen molar-refractivity contribution >= 4 is 21.4 Å². The molecule has 0 fully saturated rings. The molecule has 4 nitrogen and oxygen atoms in total. The van der Waals surface area contributed by atoms with Gasteiger partial charge in [-0.1, -0.05) is 13.3 Å². The van der Waals surface area contributed by atoms with Crippen molar-refractivity contribution in [1.82, 2.24) is 4.72 Å². The van der Waals surface area contributed by atoms with Crippen LogP contribution in [0.25, 0.3) is 0 Å². The van der Waals surface area contributed by atoms with E-state index in [1.54, 1.807) is 6.92 Å². The predicted molar refractivity (Wildman–Crippen MR) is 65.1 cm³/mol. The van der Waals surface area contributed by atoms with E-state index in [9.17, 15) is 8.42 Å². The van der Waals surface area contributed by atoms with Crippen molar-refractivity contribution in [3.63, 3.8) is 0 Å². The fraction of sp³-hybridized carbons (Fsp3) is 0.600. The van der Waals surface area contributed by atoms with Crippen LogP contribution in [0.3, 0.4) is 0 Å². The predicted octanol–water partition coefficient (Wildman–Crippen LogP) is 1.63. The number of hydrogen-bond acceptors (Lipinski definition) is 4. The van der Waals surface area contributed by atoms with Gasteiger partial charge in [-0.3, -0.25) is 0 Å². The average Bonchev–Trinajstić information content (AvgIpc) is 2.60. The number of thiophene rings is 1. The van der Waals surface area contributed by atoms with Crippen LogP contribution in [0.2, 0.25) is 0 Å². The lowest BCUT2D eigenvalue weighted by Crippen LogP contribution is -2.24. The quantitative estimate of drug-likeness (QED) is 0.767. The van der Waals surface area contributed by atoms with E-state index in [1.165, 1.54) is 17.4 Å². The highest BCUT2D eigenvalue weighted by atomic mass is 32.2. The third kappa shape index (κ3) is 3.28. The van der Waals surface area contributed by atoms with Crippen LogP contribution < -0.4 is 4.72 Å². The largest absolute Gasteiger partial charge is 0.391 e. The molecule has 0 bridgehead atoms. The number of hydrogen-bond donors (Lipinski definition) is 2. The Hall–Kier alpha value is -0.430. The fourth-order valence-corrected chi connectivity index (χ4v) is 3.90. The Balaban J connectivity index is 2.85. The maximum Gasteiger partial charge on any atom is 0.241 e. The summed E-state index contributed by atoms with van der Waals surface area (Å²) in [7, 11) is -3.40. The summed E-state index contributed by atoms with van der Waals surface area (Å²) < 4.78 is 26.3. The Labute approximate surface area is 100 Å². The molecule has 0 aliphatic rings. The summed E-state index contributed by atoms with van der Waals surface area (Å²) in [5, 5.41) is 8.95. The standard InChI is InChI=1S/C10H17NO3S2/c1-3-4-5-11-16(13,14)10-6-9(7-12)15-8(10)2/h6,11-12H,3-5,7H2,1-2H3. The van der Waals surface area contributed by atoms with E-state index >= 15 is 0 Å². The van der Waals surface area contributed by atoms with Gasteiger partial charge in [-0.2, -0.15) is 0 Å². The third-order valence-corrected chi connectivity index (χ3v) is 4.94. The Morgan fingerprint density at radius 1 is 1.50 bits per heavy atom. The Bertz CT molecular complexity index is 437. The summed E-state index contributed by atoms with van der Waals surface area (Å²) in [6.07, 6.45) is 1.78.